The Hall–Kier alpha value is -3.50. The average Bonchev–Trinajstić information content (AvgIpc) is 2.89. The van der Waals surface area contributed by atoms with Crippen LogP contribution in [-0.4, -0.2) is 71.1 Å². The van der Waals surface area contributed by atoms with Crippen LogP contribution in [0.2, 0.25) is 0 Å². The molecule has 37 heavy (non-hydrogen) atoms. The summed E-state index contributed by atoms with van der Waals surface area (Å²) in [4.78, 5) is 21.3. The van der Waals surface area contributed by atoms with Crippen LogP contribution in [0, 0.1) is 6.92 Å². The van der Waals surface area contributed by atoms with Crippen LogP contribution in [0.25, 0.3) is 6.08 Å². The molecule has 1 aromatic carbocycles. The Labute approximate surface area is 219 Å². The first-order valence-electron chi connectivity index (χ1n) is 12.6. The maximum Gasteiger partial charge on any atom is 0.246 e. The highest BCUT2D eigenvalue weighted by atomic mass is 19.1. The molecular formula is C27H40FN7O2. The van der Waals surface area contributed by atoms with E-state index in [0.717, 1.165) is 35.5 Å². The van der Waals surface area contributed by atoms with Gasteiger partial charge in [-0.1, -0.05) is 37.6 Å². The predicted octanol–water partition coefficient (Wildman–Crippen LogP) is 3.09. The number of nitrogens with two attached hydrogens (primary N) is 2. The normalized spacial score (nSPS) is 14.3. The summed E-state index contributed by atoms with van der Waals surface area (Å²) in [5.74, 6) is 6.85. The van der Waals surface area contributed by atoms with E-state index in [1.165, 1.54) is 5.12 Å². The van der Waals surface area contributed by atoms with Crippen molar-refractivity contribution >= 4 is 17.8 Å². The molecule has 2 heterocycles. The monoisotopic (exact) mass is 513 g/mol. The molecule has 10 heteroatoms. The molecule has 0 saturated carbocycles. The summed E-state index contributed by atoms with van der Waals surface area (Å²) in [5.41, 5.74) is 9.48. The van der Waals surface area contributed by atoms with Gasteiger partial charge in [-0.2, -0.15) is 0 Å². The number of aryl methyl sites for hydroxylation is 1. The molecule has 0 radical (unpaired) electrons. The molecule has 1 aromatic heterocycles. The first kappa shape index (κ1) is 29.7. The Kier molecular flexibility index (Phi) is 12.5. The molecule has 0 bridgehead atoms. The molecule has 9 nitrogen and oxygen atoms in total. The summed E-state index contributed by atoms with van der Waals surface area (Å²) in [6, 6.07) is 9.68. The van der Waals surface area contributed by atoms with E-state index >= 15 is 0 Å². The lowest BCUT2D eigenvalue weighted by molar-refractivity contribution is -0.127. The Morgan fingerprint density at radius 3 is 2.57 bits per heavy atom. The van der Waals surface area contributed by atoms with Gasteiger partial charge < -0.3 is 15.4 Å². The number of hydrogen-bond acceptors (Lipinski definition) is 7. The van der Waals surface area contributed by atoms with Crippen LogP contribution in [0.5, 0.6) is 5.75 Å². The van der Waals surface area contributed by atoms with Crippen LogP contribution in [0.1, 0.15) is 43.2 Å². The molecule has 2 aromatic rings. The third kappa shape index (κ3) is 10.2. The van der Waals surface area contributed by atoms with Gasteiger partial charge in [0.25, 0.3) is 0 Å². The minimum absolute atomic E-state index is 0.0240. The predicted molar refractivity (Wildman–Crippen MR) is 146 cm³/mol. The number of hydrazine groups is 1. The number of ether oxygens (including phenoxy) is 1. The SMILES string of the molecule is C/C(N)=N/N(N)Cc1cc(C)ccc1/C=C/C(=O)N1CCN(Cc2ccc(OCCF)cn2)CC1.CC. The number of amidine groups is 1. The summed E-state index contributed by atoms with van der Waals surface area (Å²) in [6.45, 7) is 11.1. The molecule has 0 atom stereocenters. The van der Waals surface area contributed by atoms with Gasteiger partial charge in [-0.15, -0.1) is 5.10 Å². The van der Waals surface area contributed by atoms with E-state index in [4.69, 9.17) is 16.3 Å². The van der Waals surface area contributed by atoms with Crippen LogP contribution < -0.4 is 16.3 Å². The summed E-state index contributed by atoms with van der Waals surface area (Å²) < 4.78 is 17.4. The number of carbonyl (C=O) groups is 1. The second-order valence-electron chi connectivity index (χ2n) is 8.50. The van der Waals surface area contributed by atoms with Gasteiger partial charge in [-0.3, -0.25) is 14.7 Å². The Morgan fingerprint density at radius 2 is 1.95 bits per heavy atom. The summed E-state index contributed by atoms with van der Waals surface area (Å²) in [6.07, 6.45) is 5.05. The molecule has 0 spiro atoms. The van der Waals surface area contributed by atoms with Crippen molar-refractivity contribution in [2.24, 2.45) is 16.7 Å². The van der Waals surface area contributed by atoms with Crippen LogP contribution in [0.15, 0.2) is 47.7 Å². The third-order valence-corrected chi connectivity index (χ3v) is 5.54. The number of piperazine rings is 1. The first-order chi connectivity index (χ1) is 17.8. The highest BCUT2D eigenvalue weighted by Gasteiger charge is 2.20. The van der Waals surface area contributed by atoms with Gasteiger partial charge in [-0.25, -0.2) is 15.4 Å². The summed E-state index contributed by atoms with van der Waals surface area (Å²) in [7, 11) is 0. The number of nitrogens with zero attached hydrogens (tertiary/aromatic N) is 5. The number of hydrogen-bond donors (Lipinski definition) is 2. The van der Waals surface area contributed by atoms with Crippen LogP contribution in [0.3, 0.4) is 0 Å². The Balaban J connectivity index is 0.00000235. The van der Waals surface area contributed by atoms with Crippen molar-refractivity contribution < 1.29 is 13.9 Å². The zero-order chi connectivity index (χ0) is 27.2. The first-order valence-corrected chi connectivity index (χ1v) is 12.6. The van der Waals surface area contributed by atoms with Crippen molar-refractivity contribution in [3.63, 3.8) is 0 Å². The van der Waals surface area contributed by atoms with Gasteiger partial charge >= 0.3 is 0 Å². The highest BCUT2D eigenvalue weighted by molar-refractivity contribution is 5.92. The summed E-state index contributed by atoms with van der Waals surface area (Å²) in [5, 5.41) is 5.34. The second-order valence-corrected chi connectivity index (χ2v) is 8.50. The lowest BCUT2D eigenvalue weighted by Gasteiger charge is -2.34. The second kappa shape index (κ2) is 15.6. The fourth-order valence-electron chi connectivity index (χ4n) is 3.81. The molecule has 202 valence electrons. The third-order valence-electron chi connectivity index (χ3n) is 5.54. The molecule has 0 aliphatic carbocycles. The van der Waals surface area contributed by atoms with Crippen molar-refractivity contribution in [3.8, 4) is 5.75 Å². The van der Waals surface area contributed by atoms with Gasteiger partial charge in [0.05, 0.1) is 18.4 Å². The van der Waals surface area contributed by atoms with Crippen molar-refractivity contribution in [1.29, 1.82) is 0 Å². The molecule has 1 aliphatic heterocycles. The van der Waals surface area contributed by atoms with E-state index in [2.05, 4.69) is 15.0 Å². The van der Waals surface area contributed by atoms with Crippen molar-refractivity contribution in [1.82, 2.24) is 19.9 Å². The van der Waals surface area contributed by atoms with E-state index in [-0.39, 0.29) is 12.5 Å². The molecule has 1 amide bonds. The van der Waals surface area contributed by atoms with E-state index in [1.807, 2.05) is 56.0 Å². The van der Waals surface area contributed by atoms with Crippen LogP contribution >= 0.6 is 0 Å². The molecule has 0 unspecified atom stereocenters. The minimum atomic E-state index is -0.526. The molecule has 1 fully saturated rings. The zero-order valence-electron chi connectivity index (χ0n) is 22.4. The van der Waals surface area contributed by atoms with Gasteiger partial charge in [0, 0.05) is 38.8 Å². The minimum Gasteiger partial charge on any atom is -0.489 e. The van der Waals surface area contributed by atoms with Gasteiger partial charge in [0.15, 0.2) is 0 Å². The van der Waals surface area contributed by atoms with E-state index < -0.39 is 6.67 Å². The Morgan fingerprint density at radius 1 is 1.22 bits per heavy atom. The highest BCUT2D eigenvalue weighted by Crippen LogP contribution is 2.16. The molecule has 4 N–H and O–H groups in total. The van der Waals surface area contributed by atoms with Crippen molar-refractivity contribution in [3.05, 3.63) is 65.0 Å². The fourth-order valence-corrected chi connectivity index (χ4v) is 3.81. The number of alkyl halides is 1. The Bertz CT molecular complexity index is 1030. The van der Waals surface area contributed by atoms with E-state index in [1.54, 1.807) is 25.3 Å². The van der Waals surface area contributed by atoms with Crippen molar-refractivity contribution in [2.75, 3.05) is 39.5 Å². The van der Waals surface area contributed by atoms with E-state index in [9.17, 15) is 9.18 Å². The fraction of sp³-hybridized carbons (Fsp3) is 0.444. The smallest absolute Gasteiger partial charge is 0.246 e. The van der Waals surface area contributed by atoms with E-state index in [0.29, 0.717) is 37.8 Å². The largest absolute Gasteiger partial charge is 0.489 e. The standard InChI is InChI=1S/C25H34FN7O2.C2H6/c1-19-3-4-21(22(15-19)17-33(28)30-20(2)27)5-8-25(34)32-12-10-31(11-13-32)18-23-6-7-24(16-29-23)35-14-9-26;1-2/h3-8,15-16H,9-14,17-18,28H2,1-2H3,(H2,27,30);1-2H3/b8-5+;. The zero-order valence-corrected chi connectivity index (χ0v) is 22.4. The number of benzene rings is 1. The molecular weight excluding hydrogens is 473 g/mol. The number of carbonyl (C=O) groups excluding carboxylic acids is 1. The number of amides is 1. The number of rotatable bonds is 10. The quantitative estimate of drug-likeness (QED) is 0.165. The van der Waals surface area contributed by atoms with Crippen LogP contribution in [-0.2, 0) is 17.9 Å². The maximum atomic E-state index is 12.8. The summed E-state index contributed by atoms with van der Waals surface area (Å²) >= 11 is 0. The lowest BCUT2D eigenvalue weighted by Crippen LogP contribution is -2.47. The lowest BCUT2D eigenvalue weighted by atomic mass is 10.0. The van der Waals surface area contributed by atoms with Gasteiger partial charge in [0.1, 0.15) is 24.9 Å². The maximum absolute atomic E-state index is 12.8. The number of halogens is 1. The van der Waals surface area contributed by atoms with Gasteiger partial charge in [0.2, 0.25) is 5.91 Å². The number of pyridine rings is 1. The number of hydrazone groups is 1. The molecule has 1 aliphatic rings. The molecule has 1 saturated heterocycles. The van der Waals surface area contributed by atoms with Crippen molar-refractivity contribution in [2.45, 2.75) is 40.8 Å². The topological polar surface area (TPSA) is 113 Å². The number of aromatic nitrogens is 1. The van der Waals surface area contributed by atoms with Crippen LogP contribution in [0.4, 0.5) is 4.39 Å². The van der Waals surface area contributed by atoms with Gasteiger partial charge in [-0.05, 0) is 43.2 Å². The average molecular weight is 514 g/mol. The molecule has 3 rings (SSSR count).